The molecule has 38 heavy (non-hydrogen) atoms. The first-order valence-electron chi connectivity index (χ1n) is 12.8. The monoisotopic (exact) mass is 528 g/mol. The molecule has 0 aliphatic rings. The summed E-state index contributed by atoms with van der Waals surface area (Å²) in [6.45, 7) is 2.57. The summed E-state index contributed by atoms with van der Waals surface area (Å²) < 4.78 is 17.2. The third-order valence-electron chi connectivity index (χ3n) is 6.06. The van der Waals surface area contributed by atoms with E-state index in [0.29, 0.717) is 45.3 Å². The molecular weight excluding hydrogens is 496 g/mol. The standard InChI is InChI=1S/C33H33ClO4/c34-20-19-30(27-11-5-2-6-12-27)33(31-13-7-8-14-32(31)35)28-15-17-29(18-16-28)38-24-23-36-21-22-37-25-26-9-3-1-4-10-26/h1-18,35H,19-25H2/b33-30-. The number of phenols is 1. The van der Waals surface area contributed by atoms with Gasteiger partial charge in [0.15, 0.2) is 0 Å². The van der Waals surface area contributed by atoms with Crippen molar-refractivity contribution < 1.29 is 19.3 Å². The molecule has 0 fully saturated rings. The number of rotatable bonds is 14. The molecule has 4 aromatic carbocycles. The maximum absolute atomic E-state index is 10.7. The van der Waals surface area contributed by atoms with E-state index in [1.54, 1.807) is 6.07 Å². The lowest BCUT2D eigenvalue weighted by Crippen LogP contribution is -2.10. The third-order valence-corrected chi connectivity index (χ3v) is 6.25. The minimum Gasteiger partial charge on any atom is -0.507 e. The van der Waals surface area contributed by atoms with Gasteiger partial charge in [0.1, 0.15) is 18.1 Å². The molecule has 0 aliphatic heterocycles. The molecule has 4 rings (SSSR count). The summed E-state index contributed by atoms with van der Waals surface area (Å²) >= 11 is 6.23. The van der Waals surface area contributed by atoms with Gasteiger partial charge in [-0.25, -0.2) is 0 Å². The van der Waals surface area contributed by atoms with Crippen molar-refractivity contribution in [1.82, 2.24) is 0 Å². The predicted octanol–water partition coefficient (Wildman–Crippen LogP) is 7.59. The molecular formula is C33H33ClO4. The molecule has 0 saturated carbocycles. The highest BCUT2D eigenvalue weighted by Crippen LogP contribution is 2.38. The van der Waals surface area contributed by atoms with E-state index in [4.69, 9.17) is 25.8 Å². The minimum absolute atomic E-state index is 0.232. The molecule has 0 spiro atoms. The number of hydrogen-bond donors (Lipinski definition) is 1. The van der Waals surface area contributed by atoms with E-state index < -0.39 is 0 Å². The van der Waals surface area contributed by atoms with Crippen molar-refractivity contribution in [1.29, 1.82) is 0 Å². The van der Waals surface area contributed by atoms with Gasteiger partial charge in [-0.1, -0.05) is 91.0 Å². The maximum Gasteiger partial charge on any atom is 0.123 e. The molecule has 0 saturated heterocycles. The van der Waals surface area contributed by atoms with Crippen LogP contribution < -0.4 is 4.74 Å². The van der Waals surface area contributed by atoms with Gasteiger partial charge in [0.2, 0.25) is 0 Å². The van der Waals surface area contributed by atoms with Crippen molar-refractivity contribution in [3.63, 3.8) is 0 Å². The molecule has 4 aromatic rings. The number of ether oxygens (including phenoxy) is 3. The van der Waals surface area contributed by atoms with Crippen molar-refractivity contribution in [2.75, 3.05) is 32.3 Å². The number of para-hydroxylation sites is 1. The SMILES string of the molecule is Oc1ccccc1/C(=C(/CCCl)c1ccccc1)c1ccc(OCCOCCOCc2ccccc2)cc1. The Balaban J connectivity index is 1.38. The van der Waals surface area contributed by atoms with Gasteiger partial charge in [-0.2, -0.15) is 0 Å². The zero-order chi connectivity index (χ0) is 26.4. The van der Waals surface area contributed by atoms with Crippen molar-refractivity contribution in [3.8, 4) is 11.5 Å². The van der Waals surface area contributed by atoms with Crippen LogP contribution in [0.25, 0.3) is 11.1 Å². The summed E-state index contributed by atoms with van der Waals surface area (Å²) in [5.41, 5.74) is 6.02. The Morgan fingerprint density at radius 3 is 1.97 bits per heavy atom. The van der Waals surface area contributed by atoms with Crippen LogP contribution >= 0.6 is 11.6 Å². The molecule has 196 valence electrons. The number of allylic oxidation sites excluding steroid dienone is 1. The van der Waals surface area contributed by atoms with Crippen LogP contribution in [-0.4, -0.2) is 37.4 Å². The number of hydrogen-bond acceptors (Lipinski definition) is 4. The second-order valence-corrected chi connectivity index (χ2v) is 9.08. The Morgan fingerprint density at radius 1 is 0.632 bits per heavy atom. The molecule has 0 heterocycles. The Hall–Kier alpha value is -3.57. The molecule has 0 bridgehead atoms. The molecule has 0 radical (unpaired) electrons. The minimum atomic E-state index is 0.232. The second kappa shape index (κ2) is 15.0. The van der Waals surface area contributed by atoms with Crippen molar-refractivity contribution in [3.05, 3.63) is 131 Å². The number of halogens is 1. The second-order valence-electron chi connectivity index (χ2n) is 8.70. The van der Waals surface area contributed by atoms with Crippen LogP contribution in [0.4, 0.5) is 0 Å². The summed E-state index contributed by atoms with van der Waals surface area (Å²) in [7, 11) is 0. The summed E-state index contributed by atoms with van der Waals surface area (Å²) in [5.74, 6) is 1.46. The van der Waals surface area contributed by atoms with Crippen LogP contribution in [0, 0.1) is 0 Å². The third kappa shape index (κ3) is 7.96. The first-order valence-corrected chi connectivity index (χ1v) is 13.4. The number of alkyl halides is 1. The van der Waals surface area contributed by atoms with Crippen LogP contribution in [0.15, 0.2) is 109 Å². The first kappa shape index (κ1) is 27.5. The van der Waals surface area contributed by atoms with E-state index in [2.05, 4.69) is 12.1 Å². The highest BCUT2D eigenvalue weighted by molar-refractivity contribution is 6.18. The zero-order valence-corrected chi connectivity index (χ0v) is 22.1. The Morgan fingerprint density at radius 2 is 1.26 bits per heavy atom. The summed E-state index contributed by atoms with van der Waals surface area (Å²) in [6.07, 6.45) is 0.667. The lowest BCUT2D eigenvalue weighted by molar-refractivity contribution is 0.0303. The molecule has 5 heteroatoms. The van der Waals surface area contributed by atoms with E-state index in [1.165, 1.54) is 0 Å². The van der Waals surface area contributed by atoms with Gasteiger partial charge in [0.25, 0.3) is 0 Å². The quantitative estimate of drug-likeness (QED) is 0.104. The van der Waals surface area contributed by atoms with Gasteiger partial charge in [0.05, 0.1) is 26.4 Å². The van der Waals surface area contributed by atoms with Gasteiger partial charge < -0.3 is 19.3 Å². The largest absolute Gasteiger partial charge is 0.507 e. The van der Waals surface area contributed by atoms with Gasteiger partial charge in [-0.3, -0.25) is 0 Å². The molecule has 4 nitrogen and oxygen atoms in total. The molecule has 0 atom stereocenters. The van der Waals surface area contributed by atoms with Crippen LogP contribution in [0.1, 0.15) is 28.7 Å². The highest BCUT2D eigenvalue weighted by Gasteiger charge is 2.16. The lowest BCUT2D eigenvalue weighted by atomic mass is 9.88. The highest BCUT2D eigenvalue weighted by atomic mass is 35.5. The van der Waals surface area contributed by atoms with Crippen molar-refractivity contribution >= 4 is 22.7 Å². The fourth-order valence-corrected chi connectivity index (χ4v) is 4.43. The smallest absolute Gasteiger partial charge is 0.123 e. The fraction of sp³-hybridized carbons (Fsp3) is 0.212. The van der Waals surface area contributed by atoms with E-state index in [9.17, 15) is 5.11 Å². The molecule has 0 amide bonds. The molecule has 0 unspecified atom stereocenters. The normalized spacial score (nSPS) is 11.7. The van der Waals surface area contributed by atoms with E-state index in [-0.39, 0.29) is 5.75 Å². The summed E-state index contributed by atoms with van der Waals surface area (Å²) in [6, 6.07) is 35.6. The molecule has 0 aromatic heterocycles. The van der Waals surface area contributed by atoms with E-state index in [1.807, 2.05) is 91.0 Å². The molecule has 1 N–H and O–H groups in total. The zero-order valence-electron chi connectivity index (χ0n) is 21.4. The van der Waals surface area contributed by atoms with Crippen LogP contribution in [0.5, 0.6) is 11.5 Å². The summed E-state index contributed by atoms with van der Waals surface area (Å²) in [4.78, 5) is 0. The Kier molecular flexibility index (Phi) is 10.8. The topological polar surface area (TPSA) is 47.9 Å². The van der Waals surface area contributed by atoms with Gasteiger partial charge in [0, 0.05) is 11.4 Å². The summed E-state index contributed by atoms with van der Waals surface area (Å²) in [5, 5.41) is 10.7. The van der Waals surface area contributed by atoms with E-state index in [0.717, 1.165) is 39.1 Å². The molecule has 0 aliphatic carbocycles. The number of aromatic hydroxyl groups is 1. The number of phenolic OH excluding ortho intramolecular Hbond substituents is 1. The lowest BCUT2D eigenvalue weighted by Gasteiger charge is -2.18. The van der Waals surface area contributed by atoms with Crippen LogP contribution in [-0.2, 0) is 16.1 Å². The number of benzene rings is 4. The van der Waals surface area contributed by atoms with Crippen molar-refractivity contribution in [2.24, 2.45) is 0 Å². The predicted molar refractivity (Wildman–Crippen MR) is 155 cm³/mol. The van der Waals surface area contributed by atoms with E-state index >= 15 is 0 Å². The first-order chi connectivity index (χ1) is 18.8. The van der Waals surface area contributed by atoms with Crippen molar-refractivity contribution in [2.45, 2.75) is 13.0 Å². The van der Waals surface area contributed by atoms with Gasteiger partial charge in [-0.15, -0.1) is 11.6 Å². The average Bonchev–Trinajstić information content (AvgIpc) is 2.97. The van der Waals surface area contributed by atoms with Gasteiger partial charge >= 0.3 is 0 Å². The van der Waals surface area contributed by atoms with Crippen LogP contribution in [0.2, 0.25) is 0 Å². The Bertz CT molecular complexity index is 1270. The van der Waals surface area contributed by atoms with Gasteiger partial charge in [-0.05, 0) is 52.5 Å². The fourth-order valence-electron chi connectivity index (χ4n) is 4.25. The van der Waals surface area contributed by atoms with Crippen LogP contribution in [0.3, 0.4) is 0 Å². The Labute approximate surface area is 230 Å². The maximum atomic E-state index is 10.7. The average molecular weight is 529 g/mol.